The maximum atomic E-state index is 12.0. The number of benzene rings is 1. The normalized spacial score (nSPS) is 12.1. The average molecular weight is 419 g/mol. The van der Waals surface area contributed by atoms with Gasteiger partial charge in [-0.05, 0) is 39.8 Å². The Kier molecular flexibility index (Phi) is 10.6. The van der Waals surface area contributed by atoms with Gasteiger partial charge in [0.25, 0.3) is 10.1 Å². The van der Waals surface area contributed by atoms with Crippen LogP contribution in [-0.2, 0) is 38.0 Å². The van der Waals surface area contributed by atoms with Gasteiger partial charge in [0.1, 0.15) is 12.2 Å². The molecule has 0 saturated carbocycles. The first kappa shape index (κ1) is 24.5. The van der Waals surface area contributed by atoms with Crippen molar-refractivity contribution in [2.75, 3.05) is 46.2 Å². The van der Waals surface area contributed by atoms with E-state index >= 15 is 0 Å². The second-order valence-electron chi connectivity index (χ2n) is 6.95. The monoisotopic (exact) mass is 418 g/mol. The van der Waals surface area contributed by atoms with Gasteiger partial charge in [-0.25, -0.2) is 4.79 Å². The first-order valence-corrected chi connectivity index (χ1v) is 10.4. The van der Waals surface area contributed by atoms with Crippen molar-refractivity contribution < 1.29 is 36.3 Å². The van der Waals surface area contributed by atoms with E-state index in [1.165, 1.54) is 12.1 Å². The molecule has 0 amide bonds. The highest BCUT2D eigenvalue weighted by atomic mass is 32.2. The Labute approximate surface area is 167 Å². The van der Waals surface area contributed by atoms with Crippen LogP contribution in [0, 0.1) is 6.92 Å². The molecular weight excluding hydrogens is 388 g/mol. The van der Waals surface area contributed by atoms with E-state index in [0.717, 1.165) is 5.56 Å². The molecule has 0 aliphatic carbocycles. The summed E-state index contributed by atoms with van der Waals surface area (Å²) in [6.07, 6.45) is 0. The third kappa shape index (κ3) is 11.4. The third-order valence-electron chi connectivity index (χ3n) is 3.16. The molecule has 0 fully saturated rings. The highest BCUT2D eigenvalue weighted by Gasteiger charge is 2.16. The van der Waals surface area contributed by atoms with Gasteiger partial charge < -0.3 is 18.9 Å². The van der Waals surface area contributed by atoms with E-state index in [-0.39, 0.29) is 31.3 Å². The van der Waals surface area contributed by atoms with Gasteiger partial charge in [-0.15, -0.1) is 0 Å². The molecule has 1 aromatic carbocycles. The molecule has 0 N–H and O–H groups in total. The quantitative estimate of drug-likeness (QED) is 0.273. The number of hydrogen-bond donors (Lipinski definition) is 0. The van der Waals surface area contributed by atoms with E-state index in [1.54, 1.807) is 32.9 Å². The fraction of sp³-hybridized carbons (Fsp3) is 0.632. The first-order valence-electron chi connectivity index (χ1n) is 9.01. The lowest BCUT2D eigenvalue weighted by molar-refractivity contribution is -0.160. The van der Waals surface area contributed by atoms with Crippen LogP contribution in [0.5, 0.6) is 0 Å². The fourth-order valence-corrected chi connectivity index (χ4v) is 2.83. The van der Waals surface area contributed by atoms with Gasteiger partial charge >= 0.3 is 5.97 Å². The summed E-state index contributed by atoms with van der Waals surface area (Å²) >= 11 is 0. The van der Waals surface area contributed by atoms with E-state index in [2.05, 4.69) is 0 Å². The van der Waals surface area contributed by atoms with E-state index in [1.807, 2.05) is 6.92 Å². The van der Waals surface area contributed by atoms with Crippen molar-refractivity contribution in [3.63, 3.8) is 0 Å². The summed E-state index contributed by atoms with van der Waals surface area (Å²) in [6, 6.07) is 6.43. The summed E-state index contributed by atoms with van der Waals surface area (Å²) in [6.45, 7) is 8.36. The minimum atomic E-state index is -3.77. The SMILES string of the molecule is Cc1ccc(S(=O)(=O)OCCOCCOCCOCC(=O)OC(C)(C)C)cc1. The van der Waals surface area contributed by atoms with Gasteiger partial charge in [0.15, 0.2) is 0 Å². The van der Waals surface area contributed by atoms with E-state index in [9.17, 15) is 13.2 Å². The molecule has 0 heterocycles. The molecule has 0 spiro atoms. The van der Waals surface area contributed by atoms with Crippen LogP contribution in [0.25, 0.3) is 0 Å². The highest BCUT2D eigenvalue weighted by molar-refractivity contribution is 7.86. The van der Waals surface area contributed by atoms with Crippen LogP contribution >= 0.6 is 0 Å². The van der Waals surface area contributed by atoms with Crippen molar-refractivity contribution in [1.82, 2.24) is 0 Å². The molecule has 0 radical (unpaired) electrons. The molecule has 0 atom stereocenters. The van der Waals surface area contributed by atoms with Crippen LogP contribution in [0.1, 0.15) is 26.3 Å². The molecule has 0 aromatic heterocycles. The number of carbonyl (C=O) groups excluding carboxylic acids is 1. The van der Waals surface area contributed by atoms with Crippen LogP contribution in [0.4, 0.5) is 0 Å². The molecule has 0 saturated heterocycles. The van der Waals surface area contributed by atoms with Crippen molar-refractivity contribution in [3.05, 3.63) is 29.8 Å². The van der Waals surface area contributed by atoms with Crippen LogP contribution in [0.2, 0.25) is 0 Å². The van der Waals surface area contributed by atoms with Gasteiger partial charge in [-0.1, -0.05) is 17.7 Å². The summed E-state index contributed by atoms with van der Waals surface area (Å²) in [5.74, 6) is -0.420. The van der Waals surface area contributed by atoms with Crippen molar-refractivity contribution in [2.45, 2.75) is 38.2 Å². The zero-order valence-corrected chi connectivity index (χ0v) is 17.7. The average Bonchev–Trinajstić information content (AvgIpc) is 2.58. The van der Waals surface area contributed by atoms with Crippen molar-refractivity contribution in [2.24, 2.45) is 0 Å². The fourth-order valence-electron chi connectivity index (χ4n) is 1.94. The molecule has 0 aliphatic rings. The third-order valence-corrected chi connectivity index (χ3v) is 4.49. The molecule has 0 aliphatic heterocycles. The number of hydrogen-bond acceptors (Lipinski definition) is 8. The Morgan fingerprint density at radius 1 is 0.857 bits per heavy atom. The summed E-state index contributed by atoms with van der Waals surface area (Å²) < 4.78 is 49.6. The number of esters is 1. The molecule has 9 heteroatoms. The van der Waals surface area contributed by atoms with Crippen LogP contribution in [0.15, 0.2) is 29.2 Å². The highest BCUT2D eigenvalue weighted by Crippen LogP contribution is 2.12. The molecule has 0 unspecified atom stereocenters. The molecule has 0 bridgehead atoms. The zero-order chi connectivity index (χ0) is 21.0. The Balaban J connectivity index is 1.99. The topological polar surface area (TPSA) is 97.4 Å². The van der Waals surface area contributed by atoms with Crippen molar-refractivity contribution in [3.8, 4) is 0 Å². The number of carbonyl (C=O) groups is 1. The number of rotatable bonds is 13. The summed E-state index contributed by atoms with van der Waals surface area (Å²) in [5.41, 5.74) is 0.440. The Morgan fingerprint density at radius 2 is 1.36 bits per heavy atom. The Hall–Kier alpha value is -1.52. The van der Waals surface area contributed by atoms with Gasteiger partial charge in [0.05, 0.1) is 44.5 Å². The largest absolute Gasteiger partial charge is 0.458 e. The van der Waals surface area contributed by atoms with Crippen LogP contribution < -0.4 is 0 Å². The molecule has 28 heavy (non-hydrogen) atoms. The minimum Gasteiger partial charge on any atom is -0.458 e. The minimum absolute atomic E-state index is 0.0742. The maximum absolute atomic E-state index is 12.0. The smallest absolute Gasteiger partial charge is 0.332 e. The summed E-state index contributed by atoms with van der Waals surface area (Å²) in [7, 11) is -3.77. The second-order valence-corrected chi connectivity index (χ2v) is 8.57. The van der Waals surface area contributed by atoms with Gasteiger partial charge in [0, 0.05) is 0 Å². The lowest BCUT2D eigenvalue weighted by Crippen LogP contribution is -2.27. The van der Waals surface area contributed by atoms with E-state index in [0.29, 0.717) is 19.8 Å². The van der Waals surface area contributed by atoms with Gasteiger partial charge in [-0.2, -0.15) is 8.42 Å². The standard InChI is InChI=1S/C19H30O8S/c1-16-5-7-17(8-6-16)28(21,22)26-14-13-24-10-9-23-11-12-25-15-18(20)27-19(2,3)4/h5-8H,9-15H2,1-4H3. The summed E-state index contributed by atoms with van der Waals surface area (Å²) in [5, 5.41) is 0. The predicted molar refractivity (Wildman–Crippen MR) is 103 cm³/mol. The van der Waals surface area contributed by atoms with Gasteiger partial charge in [0.2, 0.25) is 0 Å². The van der Waals surface area contributed by atoms with Crippen molar-refractivity contribution in [1.29, 1.82) is 0 Å². The molecule has 8 nitrogen and oxygen atoms in total. The lowest BCUT2D eigenvalue weighted by atomic mass is 10.2. The number of aryl methyl sites for hydroxylation is 1. The van der Waals surface area contributed by atoms with Crippen LogP contribution in [-0.4, -0.2) is 66.2 Å². The van der Waals surface area contributed by atoms with Crippen molar-refractivity contribution >= 4 is 16.1 Å². The lowest BCUT2D eigenvalue weighted by Gasteiger charge is -2.19. The van der Waals surface area contributed by atoms with E-state index < -0.39 is 21.7 Å². The Morgan fingerprint density at radius 3 is 1.89 bits per heavy atom. The summed E-state index contributed by atoms with van der Waals surface area (Å²) in [4.78, 5) is 11.5. The zero-order valence-electron chi connectivity index (χ0n) is 16.9. The first-order chi connectivity index (χ1) is 13.1. The number of ether oxygens (including phenoxy) is 4. The Bertz CT molecular complexity index is 677. The molecule has 1 aromatic rings. The van der Waals surface area contributed by atoms with E-state index in [4.69, 9.17) is 23.1 Å². The molecular formula is C19H30O8S. The molecule has 1 rings (SSSR count). The molecule has 160 valence electrons. The predicted octanol–water partition coefficient (Wildman–Crippen LogP) is 2.09. The van der Waals surface area contributed by atoms with Crippen LogP contribution in [0.3, 0.4) is 0 Å². The van der Waals surface area contributed by atoms with Gasteiger partial charge in [-0.3, -0.25) is 4.18 Å². The maximum Gasteiger partial charge on any atom is 0.332 e. The second kappa shape index (κ2) is 12.1.